The van der Waals surface area contributed by atoms with E-state index in [1.807, 2.05) is 42.5 Å². The van der Waals surface area contributed by atoms with Gasteiger partial charge in [-0.05, 0) is 35.9 Å². The lowest BCUT2D eigenvalue weighted by molar-refractivity contribution is -0.142. The van der Waals surface area contributed by atoms with Gasteiger partial charge in [-0.1, -0.05) is 28.1 Å². The fraction of sp³-hybridized carbons (Fsp3) is 0.222. The van der Waals surface area contributed by atoms with Crippen LogP contribution in [0.5, 0.6) is 11.5 Å². The number of hydrogen-bond donors (Lipinski definition) is 1. The number of nitrogens with one attached hydrogen (secondary N) is 1. The summed E-state index contributed by atoms with van der Waals surface area (Å²) in [5, 5.41) is 2.74. The molecule has 1 N–H and O–H groups in total. The van der Waals surface area contributed by atoms with E-state index in [0.717, 1.165) is 15.6 Å². The molecular weight excluding hydrogens is 374 g/mol. The average molecular weight is 392 g/mol. The number of esters is 1. The van der Waals surface area contributed by atoms with E-state index in [1.54, 1.807) is 0 Å². The molecule has 0 heterocycles. The minimum atomic E-state index is -0.331. The number of amides is 1. The van der Waals surface area contributed by atoms with Gasteiger partial charge in [0.15, 0.2) is 0 Å². The summed E-state index contributed by atoms with van der Waals surface area (Å²) in [6, 6.07) is 13.0. The van der Waals surface area contributed by atoms with Crippen molar-refractivity contribution in [3.8, 4) is 11.5 Å². The average Bonchev–Trinajstić information content (AvgIpc) is 2.54. The predicted octanol–water partition coefficient (Wildman–Crippen LogP) is 3.94. The number of hydrogen-bond acceptors (Lipinski definition) is 4. The third kappa shape index (κ3) is 5.70. The summed E-state index contributed by atoms with van der Waals surface area (Å²) in [5.41, 5.74) is 1.81. The number of ether oxygens (including phenoxy) is 2. The van der Waals surface area contributed by atoms with Crippen LogP contribution in [0.3, 0.4) is 0 Å². The molecule has 24 heavy (non-hydrogen) atoms. The van der Waals surface area contributed by atoms with E-state index < -0.39 is 0 Å². The maximum absolute atomic E-state index is 10.9. The Hall–Kier alpha value is -2.34. The van der Waals surface area contributed by atoms with Gasteiger partial charge in [-0.15, -0.1) is 0 Å². The summed E-state index contributed by atoms with van der Waals surface area (Å²) in [6.07, 6.45) is 0. The zero-order chi connectivity index (χ0) is 17.5. The number of benzene rings is 2. The van der Waals surface area contributed by atoms with Crippen LogP contribution in [0.15, 0.2) is 46.9 Å². The summed E-state index contributed by atoms with van der Waals surface area (Å²) < 4.78 is 11.7. The molecule has 0 bridgehead atoms. The predicted molar refractivity (Wildman–Crippen MR) is 93.6 cm³/mol. The molecule has 6 heteroatoms. The van der Waals surface area contributed by atoms with E-state index in [-0.39, 0.29) is 18.5 Å². The first-order chi connectivity index (χ1) is 11.4. The fourth-order valence-corrected chi connectivity index (χ4v) is 2.30. The molecule has 5 nitrogen and oxygen atoms in total. The van der Waals surface area contributed by atoms with Crippen molar-refractivity contribution in [3.05, 3.63) is 58.1 Å². The van der Waals surface area contributed by atoms with Gasteiger partial charge in [-0.3, -0.25) is 9.59 Å². The Balaban J connectivity index is 2.03. The molecule has 0 fully saturated rings. The van der Waals surface area contributed by atoms with E-state index in [2.05, 4.69) is 21.2 Å². The van der Waals surface area contributed by atoms with Gasteiger partial charge in [0.1, 0.15) is 18.1 Å². The lowest BCUT2D eigenvalue weighted by atomic mass is 10.2. The molecule has 2 rings (SSSR count). The van der Waals surface area contributed by atoms with Gasteiger partial charge in [-0.25, -0.2) is 0 Å². The van der Waals surface area contributed by atoms with Gasteiger partial charge >= 0.3 is 5.97 Å². The monoisotopic (exact) mass is 391 g/mol. The number of rotatable bonds is 6. The van der Waals surface area contributed by atoms with E-state index in [0.29, 0.717) is 18.0 Å². The molecule has 0 unspecified atom stereocenters. The second kappa shape index (κ2) is 8.49. The van der Waals surface area contributed by atoms with E-state index in [1.165, 1.54) is 13.8 Å². The summed E-state index contributed by atoms with van der Waals surface area (Å²) in [6.45, 7) is 3.53. The van der Waals surface area contributed by atoms with Crippen molar-refractivity contribution < 1.29 is 19.1 Å². The van der Waals surface area contributed by atoms with Gasteiger partial charge in [0.25, 0.3) is 0 Å². The highest BCUT2D eigenvalue weighted by atomic mass is 79.9. The molecule has 1 amide bonds. The van der Waals surface area contributed by atoms with Crippen molar-refractivity contribution >= 4 is 27.8 Å². The van der Waals surface area contributed by atoms with Crippen LogP contribution in [0.1, 0.15) is 25.0 Å². The fourth-order valence-electron chi connectivity index (χ4n) is 1.94. The van der Waals surface area contributed by atoms with Crippen molar-refractivity contribution in [2.45, 2.75) is 27.0 Å². The summed E-state index contributed by atoms with van der Waals surface area (Å²) in [4.78, 5) is 21.8. The van der Waals surface area contributed by atoms with Crippen molar-refractivity contribution in [1.82, 2.24) is 5.32 Å². The summed E-state index contributed by atoms with van der Waals surface area (Å²) >= 11 is 3.42. The van der Waals surface area contributed by atoms with Crippen molar-refractivity contribution in [3.63, 3.8) is 0 Å². The van der Waals surface area contributed by atoms with Crippen LogP contribution in [0, 0.1) is 0 Å². The lowest BCUT2D eigenvalue weighted by Gasteiger charge is -2.10. The van der Waals surface area contributed by atoms with Crippen molar-refractivity contribution in [1.29, 1.82) is 0 Å². The second-order valence-electron chi connectivity index (χ2n) is 5.19. The van der Waals surface area contributed by atoms with Gasteiger partial charge in [0.05, 0.1) is 0 Å². The van der Waals surface area contributed by atoms with Crippen LogP contribution < -0.4 is 10.1 Å². The first kappa shape index (κ1) is 18.0. The van der Waals surface area contributed by atoms with Gasteiger partial charge in [-0.2, -0.15) is 0 Å². The Kier molecular flexibility index (Phi) is 6.37. The quantitative estimate of drug-likeness (QED) is 0.757. The lowest BCUT2D eigenvalue weighted by Crippen LogP contribution is -2.18. The molecule has 0 aromatic heterocycles. The normalized spacial score (nSPS) is 10.1. The van der Waals surface area contributed by atoms with Crippen molar-refractivity contribution in [2.75, 3.05) is 0 Å². The van der Waals surface area contributed by atoms with Gasteiger partial charge in [0.2, 0.25) is 5.91 Å². The largest absolute Gasteiger partial charge is 0.461 e. The number of halogens is 1. The molecule has 0 atom stereocenters. The Morgan fingerprint density at radius 2 is 1.71 bits per heavy atom. The molecule has 126 valence electrons. The third-order valence-electron chi connectivity index (χ3n) is 3.15. The van der Waals surface area contributed by atoms with Crippen LogP contribution >= 0.6 is 15.9 Å². The molecule has 0 aliphatic carbocycles. The van der Waals surface area contributed by atoms with Crippen LogP contribution in [0.25, 0.3) is 0 Å². The Bertz CT molecular complexity index is 728. The molecular formula is C18H18BrNO4. The zero-order valence-electron chi connectivity index (χ0n) is 13.5. The van der Waals surface area contributed by atoms with Gasteiger partial charge < -0.3 is 14.8 Å². The highest BCUT2D eigenvalue weighted by Gasteiger charge is 2.06. The highest BCUT2D eigenvalue weighted by molar-refractivity contribution is 9.10. The van der Waals surface area contributed by atoms with Crippen molar-refractivity contribution in [2.24, 2.45) is 0 Å². The summed E-state index contributed by atoms with van der Waals surface area (Å²) in [5.74, 6) is 0.936. The molecule has 0 spiro atoms. The Labute approximate surface area is 149 Å². The minimum Gasteiger partial charge on any atom is -0.461 e. The number of carbonyl (C=O) groups excluding carboxylic acids is 2. The van der Waals surface area contributed by atoms with Crippen LogP contribution in [-0.4, -0.2) is 11.9 Å². The smallest absolute Gasteiger partial charge is 0.302 e. The van der Waals surface area contributed by atoms with Crippen LogP contribution in [0.4, 0.5) is 0 Å². The molecule has 0 saturated carbocycles. The third-order valence-corrected chi connectivity index (χ3v) is 3.92. The number of carbonyl (C=O) groups is 2. The topological polar surface area (TPSA) is 64.6 Å². The standard InChI is InChI=1S/C18H18BrNO4/c1-12(21)20-10-14-3-5-16(6-4-14)24-17-7-8-18(19)15(9-17)11-23-13(2)22/h3-9H,10-11H2,1-2H3,(H,20,21). The van der Waals surface area contributed by atoms with Gasteiger partial charge in [0, 0.05) is 30.4 Å². The molecule has 2 aromatic carbocycles. The Morgan fingerprint density at radius 3 is 2.33 bits per heavy atom. The van der Waals surface area contributed by atoms with Crippen LogP contribution in [-0.2, 0) is 27.5 Å². The molecule has 0 aliphatic heterocycles. The molecule has 0 saturated heterocycles. The van der Waals surface area contributed by atoms with E-state index in [4.69, 9.17) is 9.47 Å². The molecule has 2 aromatic rings. The maximum atomic E-state index is 10.9. The molecule has 0 radical (unpaired) electrons. The SMILES string of the molecule is CC(=O)NCc1ccc(Oc2ccc(Br)c(COC(C)=O)c2)cc1. The maximum Gasteiger partial charge on any atom is 0.302 e. The van der Waals surface area contributed by atoms with E-state index >= 15 is 0 Å². The summed E-state index contributed by atoms with van der Waals surface area (Å²) in [7, 11) is 0. The minimum absolute atomic E-state index is 0.0644. The van der Waals surface area contributed by atoms with E-state index in [9.17, 15) is 9.59 Å². The first-order valence-electron chi connectivity index (χ1n) is 7.37. The highest BCUT2D eigenvalue weighted by Crippen LogP contribution is 2.27. The second-order valence-corrected chi connectivity index (χ2v) is 6.04. The first-order valence-corrected chi connectivity index (χ1v) is 8.16. The van der Waals surface area contributed by atoms with Crippen LogP contribution in [0.2, 0.25) is 0 Å². The Morgan fingerprint density at radius 1 is 1.04 bits per heavy atom. The molecule has 0 aliphatic rings. The zero-order valence-corrected chi connectivity index (χ0v) is 15.1.